The van der Waals surface area contributed by atoms with Gasteiger partial charge in [0, 0.05) is 5.69 Å². The molecule has 0 bridgehead atoms. The van der Waals surface area contributed by atoms with Crippen LogP contribution in [0.15, 0.2) is 54.6 Å². The minimum Gasteiger partial charge on any atom is -0.483 e. The highest BCUT2D eigenvalue weighted by atomic mass is 16.5. The van der Waals surface area contributed by atoms with Crippen LogP contribution in [0.4, 0.5) is 5.69 Å². The Bertz CT molecular complexity index is 1140. The maximum atomic E-state index is 12.4. The molecule has 0 fully saturated rings. The van der Waals surface area contributed by atoms with Crippen molar-refractivity contribution in [2.45, 2.75) is 0 Å². The van der Waals surface area contributed by atoms with Crippen LogP contribution in [0.25, 0.3) is 10.8 Å². The van der Waals surface area contributed by atoms with Gasteiger partial charge in [-0.3, -0.25) is 9.59 Å². The number of nitrogens with one attached hydrogen (secondary N) is 1. The second-order valence-electron chi connectivity index (χ2n) is 6.44. The smallest absolute Gasteiger partial charge is 0.337 e. The van der Waals surface area contributed by atoms with E-state index in [4.69, 9.17) is 4.74 Å². The first kappa shape index (κ1) is 21.5. The van der Waals surface area contributed by atoms with E-state index in [0.29, 0.717) is 17.2 Å². The molecule has 0 spiro atoms. The van der Waals surface area contributed by atoms with E-state index in [0.717, 1.165) is 5.39 Å². The average Bonchev–Trinajstić information content (AvgIpc) is 2.80. The monoisotopic (exact) mass is 421 g/mol. The molecule has 0 radical (unpaired) electrons. The minimum absolute atomic E-state index is 0.0689. The Kier molecular flexibility index (Phi) is 6.61. The molecule has 0 saturated heterocycles. The molecular weight excluding hydrogens is 402 g/mol. The Labute approximate surface area is 177 Å². The van der Waals surface area contributed by atoms with Crippen molar-refractivity contribution in [2.75, 3.05) is 26.1 Å². The van der Waals surface area contributed by atoms with Crippen molar-refractivity contribution in [3.05, 3.63) is 71.3 Å². The van der Waals surface area contributed by atoms with Crippen molar-refractivity contribution in [1.29, 1.82) is 0 Å². The number of carbonyl (C=O) groups is 4. The number of aldehydes is 1. The third-order valence-electron chi connectivity index (χ3n) is 4.47. The Morgan fingerprint density at radius 2 is 1.55 bits per heavy atom. The summed E-state index contributed by atoms with van der Waals surface area (Å²) in [7, 11) is 2.40. The third kappa shape index (κ3) is 4.87. The van der Waals surface area contributed by atoms with E-state index in [-0.39, 0.29) is 22.6 Å². The molecule has 3 aromatic carbocycles. The number of fused-ring (bicyclic) bond motifs is 1. The summed E-state index contributed by atoms with van der Waals surface area (Å²) in [6.45, 7) is -0.394. The highest BCUT2D eigenvalue weighted by Gasteiger charge is 2.16. The van der Waals surface area contributed by atoms with E-state index < -0.39 is 24.5 Å². The van der Waals surface area contributed by atoms with Gasteiger partial charge in [0.1, 0.15) is 5.75 Å². The van der Waals surface area contributed by atoms with Crippen LogP contribution in [-0.4, -0.2) is 45.0 Å². The first-order valence-corrected chi connectivity index (χ1v) is 9.18. The minimum atomic E-state index is -0.677. The van der Waals surface area contributed by atoms with Gasteiger partial charge in [0.2, 0.25) is 0 Å². The topological polar surface area (TPSA) is 108 Å². The Balaban J connectivity index is 1.78. The van der Waals surface area contributed by atoms with Crippen molar-refractivity contribution in [3.63, 3.8) is 0 Å². The lowest BCUT2D eigenvalue weighted by molar-refractivity contribution is -0.118. The molecule has 0 atom stereocenters. The molecule has 1 N–H and O–H groups in total. The van der Waals surface area contributed by atoms with Gasteiger partial charge in [0.15, 0.2) is 12.9 Å². The van der Waals surface area contributed by atoms with Gasteiger partial charge in [-0.25, -0.2) is 9.59 Å². The number of rotatable bonds is 7. The van der Waals surface area contributed by atoms with Crippen LogP contribution in [0.3, 0.4) is 0 Å². The molecule has 3 rings (SSSR count). The summed E-state index contributed by atoms with van der Waals surface area (Å²) >= 11 is 0. The lowest BCUT2D eigenvalue weighted by atomic mass is 10.0. The largest absolute Gasteiger partial charge is 0.483 e. The van der Waals surface area contributed by atoms with Crippen LogP contribution in [0.5, 0.6) is 5.75 Å². The maximum absolute atomic E-state index is 12.4. The summed E-state index contributed by atoms with van der Waals surface area (Å²) < 4.78 is 14.9. The number of amides is 1. The molecule has 158 valence electrons. The van der Waals surface area contributed by atoms with Gasteiger partial charge in [0.05, 0.1) is 30.9 Å². The molecule has 8 heteroatoms. The zero-order valence-electron chi connectivity index (χ0n) is 16.8. The zero-order chi connectivity index (χ0) is 22.4. The lowest BCUT2D eigenvalue weighted by Crippen LogP contribution is -2.21. The third-order valence-corrected chi connectivity index (χ3v) is 4.47. The van der Waals surface area contributed by atoms with Crippen LogP contribution in [-0.2, 0) is 14.3 Å². The number of carbonyl (C=O) groups excluding carboxylic acids is 4. The number of ether oxygens (including phenoxy) is 3. The second-order valence-corrected chi connectivity index (χ2v) is 6.44. The first-order valence-electron chi connectivity index (χ1n) is 9.18. The van der Waals surface area contributed by atoms with Gasteiger partial charge >= 0.3 is 11.9 Å². The first-order chi connectivity index (χ1) is 15.0. The average molecular weight is 421 g/mol. The Morgan fingerprint density at radius 1 is 0.903 bits per heavy atom. The Hall–Kier alpha value is -4.20. The summed E-state index contributed by atoms with van der Waals surface area (Å²) in [6.07, 6.45) is 0.679. The zero-order valence-corrected chi connectivity index (χ0v) is 16.8. The number of hydrogen-bond donors (Lipinski definition) is 1. The van der Waals surface area contributed by atoms with Crippen molar-refractivity contribution < 1.29 is 33.4 Å². The molecule has 1 amide bonds. The van der Waals surface area contributed by atoms with Crippen molar-refractivity contribution in [1.82, 2.24) is 0 Å². The van der Waals surface area contributed by atoms with Gasteiger partial charge in [-0.1, -0.05) is 30.3 Å². The van der Waals surface area contributed by atoms with E-state index in [1.54, 1.807) is 24.3 Å². The quantitative estimate of drug-likeness (QED) is 0.461. The van der Waals surface area contributed by atoms with Crippen LogP contribution in [0, 0.1) is 0 Å². The van der Waals surface area contributed by atoms with Gasteiger partial charge in [-0.05, 0) is 35.0 Å². The molecule has 0 unspecified atom stereocenters. The Morgan fingerprint density at radius 3 is 2.16 bits per heavy atom. The predicted octanol–water partition coefficient (Wildman–Crippen LogP) is 3.24. The van der Waals surface area contributed by atoms with Crippen molar-refractivity contribution >= 4 is 40.6 Å². The summed E-state index contributed by atoms with van der Waals surface area (Å²) in [5, 5.41) is 4.14. The van der Waals surface area contributed by atoms with Crippen LogP contribution in [0.2, 0.25) is 0 Å². The van der Waals surface area contributed by atoms with Gasteiger partial charge < -0.3 is 19.5 Å². The summed E-state index contributed by atoms with van der Waals surface area (Å²) in [6, 6.07) is 14.8. The maximum Gasteiger partial charge on any atom is 0.337 e. The number of methoxy groups -OCH3 is 2. The fourth-order valence-electron chi connectivity index (χ4n) is 3.03. The molecule has 31 heavy (non-hydrogen) atoms. The number of esters is 2. The fourth-order valence-corrected chi connectivity index (χ4v) is 3.03. The van der Waals surface area contributed by atoms with Crippen LogP contribution < -0.4 is 10.1 Å². The molecular formula is C23H19NO7. The SMILES string of the molecule is COC(=O)c1cc(NC(=O)COc2ccc3ccccc3c2C=O)cc(C(=O)OC)c1. The normalized spacial score (nSPS) is 10.3. The van der Waals surface area contributed by atoms with Crippen LogP contribution >= 0.6 is 0 Å². The molecule has 0 aliphatic heterocycles. The van der Waals surface area contributed by atoms with E-state index in [1.807, 2.05) is 12.1 Å². The van der Waals surface area contributed by atoms with Crippen molar-refractivity contribution in [2.24, 2.45) is 0 Å². The summed E-state index contributed by atoms with van der Waals surface area (Å²) in [5.41, 5.74) is 0.663. The highest BCUT2D eigenvalue weighted by Crippen LogP contribution is 2.26. The molecule has 0 aliphatic carbocycles. The number of benzene rings is 3. The molecule has 0 aromatic heterocycles. The fraction of sp³-hybridized carbons (Fsp3) is 0.130. The molecule has 8 nitrogen and oxygen atoms in total. The molecule has 3 aromatic rings. The summed E-state index contributed by atoms with van der Waals surface area (Å²) in [4.78, 5) is 47.7. The highest BCUT2D eigenvalue weighted by molar-refractivity contribution is 6.02. The number of hydrogen-bond acceptors (Lipinski definition) is 7. The molecule has 0 aliphatic rings. The second kappa shape index (κ2) is 9.53. The van der Waals surface area contributed by atoms with Crippen LogP contribution in [0.1, 0.15) is 31.1 Å². The van der Waals surface area contributed by atoms with E-state index in [1.165, 1.54) is 32.4 Å². The number of anilines is 1. The van der Waals surface area contributed by atoms with E-state index in [2.05, 4.69) is 14.8 Å². The van der Waals surface area contributed by atoms with Gasteiger partial charge in [-0.2, -0.15) is 0 Å². The summed E-state index contributed by atoms with van der Waals surface area (Å²) in [5.74, 6) is -1.64. The standard InChI is InChI=1S/C23H19NO7/c1-29-22(27)15-9-16(23(28)30-2)11-17(10-15)24-21(26)13-31-20-8-7-14-5-3-4-6-18(14)19(20)12-25/h3-12H,13H2,1-2H3,(H,24,26). The van der Waals surface area contributed by atoms with Gasteiger partial charge in [-0.15, -0.1) is 0 Å². The molecule has 0 heterocycles. The predicted molar refractivity (Wildman–Crippen MR) is 113 cm³/mol. The van der Waals surface area contributed by atoms with Gasteiger partial charge in [0.25, 0.3) is 5.91 Å². The van der Waals surface area contributed by atoms with E-state index in [9.17, 15) is 19.2 Å². The molecule has 0 saturated carbocycles. The van der Waals surface area contributed by atoms with Crippen molar-refractivity contribution in [3.8, 4) is 5.75 Å². The van der Waals surface area contributed by atoms with E-state index >= 15 is 0 Å². The lowest BCUT2D eigenvalue weighted by Gasteiger charge is -2.12.